The van der Waals surface area contributed by atoms with Crippen molar-refractivity contribution in [3.8, 4) is 5.69 Å². The Bertz CT molecular complexity index is 1060. The minimum atomic E-state index is 0.183. The number of aromatic nitrogens is 3. The van der Waals surface area contributed by atoms with E-state index >= 15 is 0 Å². The first-order valence-electron chi connectivity index (χ1n) is 11.4. The van der Waals surface area contributed by atoms with E-state index in [1.165, 1.54) is 35.0 Å². The van der Waals surface area contributed by atoms with Crippen molar-refractivity contribution < 1.29 is 4.79 Å². The Hall–Kier alpha value is -2.16. The molecule has 5 rings (SSSR count). The highest BCUT2D eigenvalue weighted by Crippen LogP contribution is 2.36. The summed E-state index contributed by atoms with van der Waals surface area (Å²) in [6.07, 6.45) is 4.39. The number of para-hydroxylation sites is 1. The zero-order chi connectivity index (χ0) is 21.9. The van der Waals surface area contributed by atoms with Crippen LogP contribution in [0.4, 0.5) is 0 Å². The maximum absolute atomic E-state index is 13.2. The molecule has 1 saturated heterocycles. The zero-order valence-corrected chi connectivity index (χ0v) is 20.1. The molecule has 0 bridgehead atoms. The summed E-state index contributed by atoms with van der Waals surface area (Å²) in [5, 5.41) is 12.0. The van der Waals surface area contributed by atoms with Crippen LogP contribution in [0, 0.1) is 0 Å². The number of fused-ring (bicyclic) bond motifs is 1. The van der Waals surface area contributed by atoms with Gasteiger partial charge in [0.2, 0.25) is 5.91 Å². The molecule has 32 heavy (non-hydrogen) atoms. The molecule has 0 aliphatic carbocycles. The third kappa shape index (κ3) is 4.36. The number of carbonyl (C=O) groups is 1. The molecule has 8 heteroatoms. The van der Waals surface area contributed by atoms with Crippen LogP contribution >= 0.6 is 23.1 Å². The van der Waals surface area contributed by atoms with Crippen LogP contribution in [0.5, 0.6) is 0 Å². The topological polar surface area (TPSA) is 54.3 Å². The fraction of sp³-hybridized carbons (Fsp3) is 0.458. The molecule has 0 radical (unpaired) electrons. The number of thioether (sulfide) groups is 1. The summed E-state index contributed by atoms with van der Waals surface area (Å²) in [7, 11) is 0. The van der Waals surface area contributed by atoms with Crippen LogP contribution in [0.3, 0.4) is 0 Å². The van der Waals surface area contributed by atoms with Gasteiger partial charge in [-0.25, -0.2) is 0 Å². The van der Waals surface area contributed by atoms with Gasteiger partial charge >= 0.3 is 0 Å². The summed E-state index contributed by atoms with van der Waals surface area (Å²) < 4.78 is 2.13. The van der Waals surface area contributed by atoms with E-state index in [1.54, 1.807) is 0 Å². The van der Waals surface area contributed by atoms with Crippen molar-refractivity contribution in [2.75, 3.05) is 25.4 Å². The Labute approximate surface area is 197 Å². The molecule has 0 saturated carbocycles. The second kappa shape index (κ2) is 9.77. The van der Waals surface area contributed by atoms with Crippen LogP contribution in [-0.2, 0) is 17.8 Å². The van der Waals surface area contributed by atoms with E-state index < -0.39 is 0 Å². The minimum absolute atomic E-state index is 0.183. The van der Waals surface area contributed by atoms with Gasteiger partial charge in [-0.3, -0.25) is 14.3 Å². The quantitative estimate of drug-likeness (QED) is 0.477. The second-order valence-electron chi connectivity index (χ2n) is 8.40. The van der Waals surface area contributed by atoms with Gasteiger partial charge in [0.15, 0.2) is 11.0 Å². The molecule has 1 atom stereocenters. The van der Waals surface area contributed by atoms with Crippen molar-refractivity contribution in [2.45, 2.75) is 50.4 Å². The first-order chi connectivity index (χ1) is 15.7. The van der Waals surface area contributed by atoms with Gasteiger partial charge in [0.1, 0.15) is 0 Å². The highest BCUT2D eigenvalue weighted by atomic mass is 32.2. The van der Waals surface area contributed by atoms with Crippen LogP contribution in [-0.4, -0.2) is 55.9 Å². The summed E-state index contributed by atoms with van der Waals surface area (Å²) >= 11 is 3.32. The second-order valence-corrected chi connectivity index (χ2v) is 10.3. The molecule has 6 nitrogen and oxygen atoms in total. The molecule has 2 aliphatic rings. The normalized spacial score (nSPS) is 18.8. The third-order valence-electron chi connectivity index (χ3n) is 6.41. The molecule has 2 aliphatic heterocycles. The predicted molar refractivity (Wildman–Crippen MR) is 129 cm³/mol. The number of thiophene rings is 1. The lowest BCUT2D eigenvalue weighted by atomic mass is 9.98. The molecule has 1 fully saturated rings. The average molecular weight is 468 g/mol. The Morgan fingerprint density at radius 3 is 2.72 bits per heavy atom. The third-order valence-corrected chi connectivity index (χ3v) is 8.32. The zero-order valence-electron chi connectivity index (χ0n) is 18.4. The number of hydrogen-bond donors (Lipinski definition) is 0. The van der Waals surface area contributed by atoms with Crippen molar-refractivity contribution in [2.24, 2.45) is 0 Å². The Kier molecular flexibility index (Phi) is 6.62. The number of nitrogens with zero attached hydrogens (tertiary/aromatic N) is 5. The summed E-state index contributed by atoms with van der Waals surface area (Å²) in [5.74, 6) is 1.51. The van der Waals surface area contributed by atoms with E-state index in [2.05, 4.69) is 55.1 Å². The SMILES string of the molecule is CCC1c2ccsc2CCN1C(=O)CSc1nnc(CN2CCCC2)n1-c1ccccc1. The minimum Gasteiger partial charge on any atom is -0.335 e. The summed E-state index contributed by atoms with van der Waals surface area (Å²) in [5.41, 5.74) is 2.39. The molecule has 168 valence electrons. The van der Waals surface area contributed by atoms with E-state index in [0.29, 0.717) is 5.75 Å². The van der Waals surface area contributed by atoms with Gasteiger partial charge in [0.25, 0.3) is 0 Å². The van der Waals surface area contributed by atoms with Crippen molar-refractivity contribution in [3.05, 3.63) is 58.0 Å². The molecule has 2 aromatic heterocycles. The first-order valence-corrected chi connectivity index (χ1v) is 13.3. The van der Waals surface area contributed by atoms with Gasteiger partial charge in [-0.2, -0.15) is 0 Å². The van der Waals surface area contributed by atoms with Crippen LogP contribution in [0.1, 0.15) is 48.5 Å². The highest BCUT2D eigenvalue weighted by molar-refractivity contribution is 7.99. The van der Waals surface area contributed by atoms with E-state index in [4.69, 9.17) is 0 Å². The summed E-state index contributed by atoms with van der Waals surface area (Å²) in [4.78, 5) is 19.2. The van der Waals surface area contributed by atoms with Gasteiger partial charge in [-0.15, -0.1) is 21.5 Å². The van der Waals surface area contributed by atoms with Crippen LogP contribution in [0.15, 0.2) is 46.9 Å². The highest BCUT2D eigenvalue weighted by Gasteiger charge is 2.30. The number of likely N-dealkylation sites (tertiary alicyclic amines) is 1. The molecule has 0 spiro atoms. The van der Waals surface area contributed by atoms with Gasteiger partial charge in [-0.05, 0) is 67.9 Å². The fourth-order valence-corrected chi connectivity index (χ4v) is 6.60. The van der Waals surface area contributed by atoms with Gasteiger partial charge in [0.05, 0.1) is 18.3 Å². The van der Waals surface area contributed by atoms with Crippen molar-refractivity contribution in [1.82, 2.24) is 24.6 Å². The monoisotopic (exact) mass is 467 g/mol. The van der Waals surface area contributed by atoms with Gasteiger partial charge < -0.3 is 4.90 Å². The van der Waals surface area contributed by atoms with Crippen molar-refractivity contribution >= 4 is 29.0 Å². The fourth-order valence-electron chi connectivity index (χ4n) is 4.82. The summed E-state index contributed by atoms with van der Waals surface area (Å²) in [6, 6.07) is 12.6. The van der Waals surface area contributed by atoms with Crippen molar-refractivity contribution in [1.29, 1.82) is 0 Å². The largest absolute Gasteiger partial charge is 0.335 e. The van der Waals surface area contributed by atoms with Gasteiger partial charge in [-0.1, -0.05) is 36.9 Å². The number of amides is 1. The van der Waals surface area contributed by atoms with E-state index in [1.807, 2.05) is 29.5 Å². The van der Waals surface area contributed by atoms with Gasteiger partial charge in [0, 0.05) is 17.1 Å². The molecular formula is C24H29N5OS2. The molecule has 1 amide bonds. The molecule has 1 unspecified atom stereocenters. The van der Waals surface area contributed by atoms with E-state index in [0.717, 1.165) is 55.7 Å². The average Bonchev–Trinajstić information content (AvgIpc) is 3.58. The Balaban J connectivity index is 1.34. The van der Waals surface area contributed by atoms with Crippen LogP contribution in [0.25, 0.3) is 5.69 Å². The first kappa shape index (κ1) is 21.7. The molecule has 0 N–H and O–H groups in total. The number of carbonyl (C=O) groups excluding carboxylic acids is 1. The smallest absolute Gasteiger partial charge is 0.233 e. The number of rotatable bonds is 7. The number of benzene rings is 1. The van der Waals surface area contributed by atoms with Crippen molar-refractivity contribution in [3.63, 3.8) is 0 Å². The van der Waals surface area contributed by atoms with E-state index in [9.17, 15) is 4.79 Å². The maximum atomic E-state index is 13.2. The maximum Gasteiger partial charge on any atom is 0.233 e. The lowest BCUT2D eigenvalue weighted by Crippen LogP contribution is -2.40. The predicted octanol–water partition coefficient (Wildman–Crippen LogP) is 4.55. The Morgan fingerprint density at radius 1 is 1.12 bits per heavy atom. The molecule has 1 aromatic carbocycles. The standard InChI is InChI=1S/C24H29N5OS2/c1-2-20-19-11-15-31-21(19)10-14-28(20)23(30)17-32-24-26-25-22(16-27-12-6-7-13-27)29(24)18-8-4-3-5-9-18/h3-5,8-9,11,15,20H,2,6-7,10,12-14,16-17H2,1H3. The molecule has 3 aromatic rings. The summed E-state index contributed by atoms with van der Waals surface area (Å²) in [6.45, 7) is 5.99. The van der Waals surface area contributed by atoms with E-state index in [-0.39, 0.29) is 11.9 Å². The lowest BCUT2D eigenvalue weighted by molar-refractivity contribution is -0.131. The Morgan fingerprint density at radius 2 is 1.94 bits per heavy atom. The molecular weight excluding hydrogens is 438 g/mol. The van der Waals surface area contributed by atoms with Crippen LogP contribution < -0.4 is 0 Å². The molecule has 4 heterocycles. The van der Waals surface area contributed by atoms with Crippen LogP contribution in [0.2, 0.25) is 0 Å². The lowest BCUT2D eigenvalue weighted by Gasteiger charge is -2.35. The number of hydrogen-bond acceptors (Lipinski definition) is 6.